The Morgan fingerprint density at radius 1 is 1.27 bits per heavy atom. The van der Waals surface area contributed by atoms with Gasteiger partial charge in [-0.2, -0.15) is 0 Å². The molecule has 1 aliphatic heterocycles. The zero-order chi connectivity index (χ0) is 15.4. The lowest BCUT2D eigenvalue weighted by Crippen LogP contribution is -2.50. The van der Waals surface area contributed by atoms with E-state index in [1.165, 1.54) is 0 Å². The number of nitrogens with one attached hydrogen (secondary N) is 1. The third kappa shape index (κ3) is 4.87. The van der Waals surface area contributed by atoms with Crippen molar-refractivity contribution >= 4 is 35.8 Å². The molecule has 2 rings (SSSR count). The molecular formula is C15H21Cl2N3O2. The molecule has 0 saturated carbocycles. The first-order valence-electron chi connectivity index (χ1n) is 7.08. The van der Waals surface area contributed by atoms with Crippen molar-refractivity contribution in [2.45, 2.75) is 31.8 Å². The highest BCUT2D eigenvalue weighted by Crippen LogP contribution is 2.11. The number of hydrogen-bond acceptors (Lipinski definition) is 3. The van der Waals surface area contributed by atoms with Crippen molar-refractivity contribution in [2.24, 2.45) is 5.73 Å². The molecule has 2 amide bonds. The van der Waals surface area contributed by atoms with Gasteiger partial charge in [-0.25, -0.2) is 0 Å². The molecule has 1 unspecified atom stereocenters. The first kappa shape index (κ1) is 18.7. The monoisotopic (exact) mass is 345 g/mol. The molecule has 0 aliphatic carbocycles. The van der Waals surface area contributed by atoms with Crippen molar-refractivity contribution in [1.82, 2.24) is 10.2 Å². The third-order valence-corrected chi connectivity index (χ3v) is 3.93. The van der Waals surface area contributed by atoms with Crippen LogP contribution in [0.1, 0.15) is 30.1 Å². The van der Waals surface area contributed by atoms with E-state index < -0.39 is 6.04 Å². The average Bonchev–Trinajstić information content (AvgIpc) is 2.47. The van der Waals surface area contributed by atoms with Crippen molar-refractivity contribution in [3.8, 4) is 0 Å². The van der Waals surface area contributed by atoms with Crippen LogP contribution in [0.4, 0.5) is 0 Å². The maximum atomic E-state index is 12.3. The van der Waals surface area contributed by atoms with E-state index in [1.807, 2.05) is 0 Å². The summed E-state index contributed by atoms with van der Waals surface area (Å²) in [6.45, 7) is 3.01. The van der Waals surface area contributed by atoms with E-state index in [1.54, 1.807) is 36.1 Å². The highest BCUT2D eigenvalue weighted by Gasteiger charge is 2.25. The van der Waals surface area contributed by atoms with Crippen molar-refractivity contribution in [3.05, 3.63) is 34.9 Å². The molecule has 0 bridgehead atoms. The fourth-order valence-corrected chi connectivity index (χ4v) is 2.46. The van der Waals surface area contributed by atoms with Gasteiger partial charge in [0.15, 0.2) is 0 Å². The number of hydrogen-bond donors (Lipinski definition) is 2. The lowest BCUT2D eigenvalue weighted by molar-refractivity contribution is -0.133. The molecule has 0 radical (unpaired) electrons. The summed E-state index contributed by atoms with van der Waals surface area (Å²) >= 11 is 5.78. The molecule has 1 aromatic carbocycles. The van der Waals surface area contributed by atoms with Gasteiger partial charge in [-0.1, -0.05) is 11.6 Å². The summed E-state index contributed by atoms with van der Waals surface area (Å²) in [6, 6.07) is 6.18. The molecule has 1 aliphatic rings. The Morgan fingerprint density at radius 2 is 1.82 bits per heavy atom. The third-order valence-electron chi connectivity index (χ3n) is 3.68. The van der Waals surface area contributed by atoms with Crippen LogP contribution in [0.2, 0.25) is 5.02 Å². The molecule has 1 heterocycles. The summed E-state index contributed by atoms with van der Waals surface area (Å²) in [7, 11) is 0. The smallest absolute Gasteiger partial charge is 0.251 e. The Balaban J connectivity index is 0.00000242. The number of nitrogens with two attached hydrogens (primary N) is 1. The van der Waals surface area contributed by atoms with Gasteiger partial charge in [0, 0.05) is 29.7 Å². The number of piperidine rings is 1. The number of halogens is 2. The molecule has 1 fully saturated rings. The SMILES string of the molecule is CC(NC(=O)c1ccc(Cl)cc1)C(=O)N1CCC(N)CC1.Cl. The van der Waals surface area contributed by atoms with Crippen LogP contribution in [-0.2, 0) is 4.79 Å². The number of nitrogens with zero attached hydrogens (tertiary/aromatic N) is 1. The van der Waals surface area contributed by atoms with Crippen LogP contribution in [-0.4, -0.2) is 41.9 Å². The van der Waals surface area contributed by atoms with Gasteiger partial charge >= 0.3 is 0 Å². The van der Waals surface area contributed by atoms with Crippen LogP contribution in [0.3, 0.4) is 0 Å². The standard InChI is InChI=1S/C15H20ClN3O2.ClH/c1-10(15(21)19-8-6-13(17)7-9-19)18-14(20)11-2-4-12(16)5-3-11;/h2-5,10,13H,6-9,17H2,1H3,(H,18,20);1H. The van der Waals surface area contributed by atoms with Crippen LogP contribution in [0.25, 0.3) is 0 Å². The second-order valence-electron chi connectivity index (χ2n) is 5.36. The van der Waals surface area contributed by atoms with Crippen LogP contribution >= 0.6 is 24.0 Å². The molecule has 1 atom stereocenters. The maximum absolute atomic E-state index is 12.3. The molecule has 0 aromatic heterocycles. The summed E-state index contributed by atoms with van der Waals surface area (Å²) in [4.78, 5) is 26.1. The Kier molecular flexibility index (Phi) is 7.13. The Hall–Kier alpha value is -1.30. The summed E-state index contributed by atoms with van der Waals surface area (Å²) in [5.41, 5.74) is 6.31. The van der Waals surface area contributed by atoms with E-state index in [0.717, 1.165) is 12.8 Å². The Labute approximate surface area is 141 Å². The molecule has 22 heavy (non-hydrogen) atoms. The zero-order valence-corrected chi connectivity index (χ0v) is 14.0. The molecule has 0 spiro atoms. The van der Waals surface area contributed by atoms with Crippen molar-refractivity contribution in [2.75, 3.05) is 13.1 Å². The van der Waals surface area contributed by atoms with Crippen LogP contribution in [0.15, 0.2) is 24.3 Å². The van der Waals surface area contributed by atoms with Crippen molar-refractivity contribution in [1.29, 1.82) is 0 Å². The predicted molar refractivity (Wildman–Crippen MR) is 89.4 cm³/mol. The highest BCUT2D eigenvalue weighted by atomic mass is 35.5. The summed E-state index contributed by atoms with van der Waals surface area (Å²) < 4.78 is 0. The Morgan fingerprint density at radius 3 is 2.36 bits per heavy atom. The normalized spacial score (nSPS) is 16.6. The molecule has 5 nitrogen and oxygen atoms in total. The van der Waals surface area contributed by atoms with Crippen LogP contribution in [0.5, 0.6) is 0 Å². The highest BCUT2D eigenvalue weighted by molar-refractivity contribution is 6.30. The Bertz CT molecular complexity index is 514. The van der Waals surface area contributed by atoms with Gasteiger partial charge in [0.25, 0.3) is 5.91 Å². The molecular weight excluding hydrogens is 325 g/mol. The lowest BCUT2D eigenvalue weighted by atomic mass is 10.1. The number of carbonyl (C=O) groups excluding carboxylic acids is 2. The molecule has 7 heteroatoms. The summed E-state index contributed by atoms with van der Waals surface area (Å²) in [5.74, 6) is -0.342. The second-order valence-corrected chi connectivity index (χ2v) is 5.80. The van der Waals surface area contributed by atoms with Gasteiger partial charge in [0.1, 0.15) is 6.04 Å². The quantitative estimate of drug-likeness (QED) is 0.877. The van der Waals surface area contributed by atoms with E-state index in [4.69, 9.17) is 17.3 Å². The molecule has 1 aromatic rings. The predicted octanol–water partition coefficient (Wildman–Crippen LogP) is 1.83. The average molecular weight is 346 g/mol. The summed E-state index contributed by atoms with van der Waals surface area (Å²) in [6.07, 6.45) is 1.62. The fourth-order valence-electron chi connectivity index (χ4n) is 2.34. The van der Waals surface area contributed by atoms with Crippen molar-refractivity contribution < 1.29 is 9.59 Å². The zero-order valence-electron chi connectivity index (χ0n) is 12.4. The van der Waals surface area contributed by atoms with E-state index in [2.05, 4.69) is 5.32 Å². The maximum Gasteiger partial charge on any atom is 0.251 e. The number of benzene rings is 1. The number of likely N-dealkylation sites (tertiary alicyclic amines) is 1. The second kappa shape index (κ2) is 8.36. The minimum absolute atomic E-state index is 0. The fraction of sp³-hybridized carbons (Fsp3) is 0.467. The van der Waals surface area contributed by atoms with Gasteiger partial charge in [-0.15, -0.1) is 12.4 Å². The summed E-state index contributed by atoms with van der Waals surface area (Å²) in [5, 5.41) is 3.29. The number of rotatable bonds is 3. The van der Waals surface area contributed by atoms with Gasteiger partial charge in [-0.05, 0) is 44.0 Å². The topological polar surface area (TPSA) is 75.4 Å². The lowest BCUT2D eigenvalue weighted by Gasteiger charge is -2.32. The van der Waals surface area contributed by atoms with E-state index in [9.17, 15) is 9.59 Å². The van der Waals surface area contributed by atoms with Crippen molar-refractivity contribution in [3.63, 3.8) is 0 Å². The molecule has 3 N–H and O–H groups in total. The van der Waals surface area contributed by atoms with E-state index >= 15 is 0 Å². The minimum Gasteiger partial charge on any atom is -0.341 e. The van der Waals surface area contributed by atoms with Crippen LogP contribution in [0, 0.1) is 0 Å². The van der Waals surface area contributed by atoms with Gasteiger partial charge in [0.05, 0.1) is 0 Å². The van der Waals surface area contributed by atoms with Gasteiger partial charge < -0.3 is 16.0 Å². The molecule has 122 valence electrons. The first-order valence-corrected chi connectivity index (χ1v) is 7.46. The van der Waals surface area contributed by atoms with Crippen LogP contribution < -0.4 is 11.1 Å². The number of amides is 2. The minimum atomic E-state index is -0.553. The van der Waals surface area contributed by atoms with Gasteiger partial charge in [0.2, 0.25) is 5.91 Å². The largest absolute Gasteiger partial charge is 0.341 e. The van der Waals surface area contributed by atoms with E-state index in [0.29, 0.717) is 23.7 Å². The number of carbonyl (C=O) groups is 2. The van der Waals surface area contributed by atoms with E-state index in [-0.39, 0.29) is 30.3 Å². The molecule has 1 saturated heterocycles. The first-order chi connectivity index (χ1) is 9.97. The van der Waals surface area contributed by atoms with Gasteiger partial charge in [-0.3, -0.25) is 9.59 Å².